The minimum absolute atomic E-state index is 1.13. The van der Waals surface area contributed by atoms with Crippen LogP contribution in [0.1, 0.15) is 0 Å². The van der Waals surface area contributed by atoms with Gasteiger partial charge in [0.1, 0.15) is 0 Å². The molecule has 248 valence electrons. The summed E-state index contributed by atoms with van der Waals surface area (Å²) >= 11 is 1.87. The van der Waals surface area contributed by atoms with Gasteiger partial charge >= 0.3 is 0 Å². The van der Waals surface area contributed by atoms with Gasteiger partial charge in [0.25, 0.3) is 0 Å². The van der Waals surface area contributed by atoms with Gasteiger partial charge < -0.3 is 9.47 Å². The van der Waals surface area contributed by atoms with Crippen LogP contribution < -0.4 is 4.90 Å². The Morgan fingerprint density at radius 2 is 0.962 bits per heavy atom. The first-order valence-corrected chi connectivity index (χ1v) is 18.9. The largest absolute Gasteiger partial charge is 0.309 e. The molecule has 11 rings (SSSR count). The first kappa shape index (κ1) is 30.0. The van der Waals surface area contributed by atoms with Crippen LogP contribution in [0.15, 0.2) is 194 Å². The Labute approximate surface area is 311 Å². The van der Waals surface area contributed by atoms with E-state index in [1.165, 1.54) is 91.7 Å². The molecular formula is C50H32N2S. The number of hydrogen-bond donors (Lipinski definition) is 0. The summed E-state index contributed by atoms with van der Waals surface area (Å²) in [5.41, 5.74) is 9.51. The molecule has 0 saturated heterocycles. The van der Waals surface area contributed by atoms with Crippen molar-refractivity contribution in [3.63, 3.8) is 0 Å². The smallest absolute Gasteiger partial charge is 0.0640 e. The van der Waals surface area contributed by atoms with Crippen molar-refractivity contribution in [2.24, 2.45) is 0 Å². The van der Waals surface area contributed by atoms with Crippen molar-refractivity contribution in [1.82, 2.24) is 4.57 Å². The Hall–Kier alpha value is -6.68. The Balaban J connectivity index is 1.07. The van der Waals surface area contributed by atoms with E-state index in [1.807, 2.05) is 11.3 Å². The minimum atomic E-state index is 1.13. The summed E-state index contributed by atoms with van der Waals surface area (Å²) in [6, 6.07) is 70.9. The van der Waals surface area contributed by atoms with Crippen molar-refractivity contribution in [3.8, 4) is 16.8 Å². The van der Waals surface area contributed by atoms with E-state index in [4.69, 9.17) is 0 Å². The highest BCUT2D eigenvalue weighted by molar-refractivity contribution is 7.26. The van der Waals surface area contributed by atoms with Gasteiger partial charge in [-0.25, -0.2) is 0 Å². The molecule has 0 N–H and O–H groups in total. The molecule has 0 atom stereocenters. The molecule has 0 aliphatic rings. The summed E-state index contributed by atoms with van der Waals surface area (Å²) in [6.07, 6.45) is 0. The van der Waals surface area contributed by atoms with Crippen LogP contribution in [0.5, 0.6) is 0 Å². The van der Waals surface area contributed by atoms with Gasteiger partial charge in [0.05, 0.1) is 32.8 Å². The molecule has 0 unspecified atom stereocenters. The van der Waals surface area contributed by atoms with Gasteiger partial charge in [-0.15, -0.1) is 11.3 Å². The predicted octanol–water partition coefficient (Wildman–Crippen LogP) is 14.6. The zero-order chi connectivity index (χ0) is 34.9. The zero-order valence-corrected chi connectivity index (χ0v) is 29.6. The number of rotatable bonds is 5. The summed E-state index contributed by atoms with van der Waals surface area (Å²) in [7, 11) is 0. The lowest BCUT2D eigenvalue weighted by Crippen LogP contribution is -2.10. The fraction of sp³-hybridized carbons (Fsp3) is 0. The van der Waals surface area contributed by atoms with Crippen molar-refractivity contribution in [2.75, 3.05) is 4.90 Å². The van der Waals surface area contributed by atoms with Crippen LogP contribution in [0.25, 0.3) is 80.3 Å². The molecule has 11 aromatic rings. The van der Waals surface area contributed by atoms with Crippen LogP contribution in [-0.4, -0.2) is 4.57 Å². The molecule has 9 aromatic carbocycles. The molecule has 53 heavy (non-hydrogen) atoms. The molecule has 2 nitrogen and oxygen atoms in total. The molecule has 0 bridgehead atoms. The van der Waals surface area contributed by atoms with Gasteiger partial charge in [-0.05, 0) is 76.5 Å². The van der Waals surface area contributed by atoms with Crippen molar-refractivity contribution in [1.29, 1.82) is 0 Å². The fourth-order valence-electron chi connectivity index (χ4n) is 8.34. The van der Waals surface area contributed by atoms with Crippen LogP contribution in [0, 0.1) is 0 Å². The monoisotopic (exact) mass is 692 g/mol. The molecule has 3 heteroatoms. The summed E-state index contributed by atoms with van der Waals surface area (Å²) in [5, 5.41) is 10.1. The van der Waals surface area contributed by atoms with E-state index in [-0.39, 0.29) is 0 Å². The Morgan fingerprint density at radius 1 is 0.377 bits per heavy atom. The van der Waals surface area contributed by atoms with Crippen molar-refractivity contribution < 1.29 is 0 Å². The second-order valence-electron chi connectivity index (χ2n) is 13.7. The van der Waals surface area contributed by atoms with Gasteiger partial charge in [-0.3, -0.25) is 0 Å². The van der Waals surface area contributed by atoms with E-state index in [0.29, 0.717) is 0 Å². The van der Waals surface area contributed by atoms with E-state index in [1.54, 1.807) is 0 Å². The van der Waals surface area contributed by atoms with Crippen molar-refractivity contribution in [2.45, 2.75) is 0 Å². The van der Waals surface area contributed by atoms with Gasteiger partial charge in [-0.2, -0.15) is 0 Å². The topological polar surface area (TPSA) is 8.17 Å². The maximum atomic E-state index is 2.45. The number of anilines is 3. The van der Waals surface area contributed by atoms with Crippen molar-refractivity contribution >= 4 is 91.9 Å². The van der Waals surface area contributed by atoms with Crippen LogP contribution in [-0.2, 0) is 0 Å². The molecule has 0 aliphatic heterocycles. The van der Waals surface area contributed by atoms with Crippen molar-refractivity contribution in [3.05, 3.63) is 194 Å². The lowest BCUT2D eigenvalue weighted by Gasteiger charge is -2.27. The molecule has 2 heterocycles. The number of nitrogens with zero attached hydrogens (tertiary/aromatic N) is 2. The van der Waals surface area contributed by atoms with E-state index >= 15 is 0 Å². The highest BCUT2D eigenvalue weighted by Gasteiger charge is 2.20. The molecule has 0 fully saturated rings. The Morgan fingerprint density at radius 3 is 1.81 bits per heavy atom. The SMILES string of the molecule is c1ccc2c(N(c3ccc(-c4ccc5c(c4)c4ccccc4n5-c4cccc5ccccc45)cc3)c3cccc4c3sc3ccccc34)cccc2c1. The number of aromatic nitrogens is 1. The van der Waals surface area contributed by atoms with Crippen LogP contribution >= 0.6 is 11.3 Å². The summed E-state index contributed by atoms with van der Waals surface area (Å²) < 4.78 is 5.02. The highest BCUT2D eigenvalue weighted by Crippen LogP contribution is 2.46. The van der Waals surface area contributed by atoms with Gasteiger partial charge in [-0.1, -0.05) is 140 Å². The standard InChI is InChI=1S/C50H32N2S/c1-3-16-38-34(12-1)14-9-22-44(38)51(48-24-11-20-42-41-19-6-8-25-49(41)53-50(42)48)37-29-26-33(27-30-37)36-28-31-47-43(32-36)40-18-5-7-21-46(40)52(47)45-23-10-15-35-13-2-4-17-39(35)45/h1-32H. The summed E-state index contributed by atoms with van der Waals surface area (Å²) in [4.78, 5) is 2.45. The van der Waals surface area contributed by atoms with Crippen LogP contribution in [0.3, 0.4) is 0 Å². The number of para-hydroxylation sites is 1. The minimum Gasteiger partial charge on any atom is -0.309 e. The first-order chi connectivity index (χ1) is 26.3. The number of benzene rings is 9. The first-order valence-electron chi connectivity index (χ1n) is 18.1. The summed E-state index contributed by atoms with van der Waals surface area (Å²) in [6.45, 7) is 0. The predicted molar refractivity (Wildman–Crippen MR) is 229 cm³/mol. The molecule has 0 aliphatic carbocycles. The lowest BCUT2D eigenvalue weighted by atomic mass is 10.0. The lowest BCUT2D eigenvalue weighted by molar-refractivity contribution is 1.20. The van der Waals surface area contributed by atoms with E-state index < -0.39 is 0 Å². The highest BCUT2D eigenvalue weighted by atomic mass is 32.1. The average molecular weight is 693 g/mol. The van der Waals surface area contributed by atoms with Gasteiger partial charge in [0, 0.05) is 42.7 Å². The van der Waals surface area contributed by atoms with Gasteiger partial charge in [0.15, 0.2) is 0 Å². The van der Waals surface area contributed by atoms with Crippen LogP contribution in [0.4, 0.5) is 17.1 Å². The maximum absolute atomic E-state index is 2.45. The third-order valence-electron chi connectivity index (χ3n) is 10.8. The van der Waals surface area contributed by atoms with E-state index in [9.17, 15) is 0 Å². The quantitative estimate of drug-likeness (QED) is 0.174. The third-order valence-corrected chi connectivity index (χ3v) is 12.0. The number of hydrogen-bond acceptors (Lipinski definition) is 2. The van der Waals surface area contributed by atoms with Gasteiger partial charge in [0.2, 0.25) is 0 Å². The molecule has 0 radical (unpaired) electrons. The fourth-order valence-corrected chi connectivity index (χ4v) is 9.54. The Kier molecular flexibility index (Phi) is 6.76. The molecule has 0 saturated carbocycles. The summed E-state index contributed by atoms with van der Waals surface area (Å²) in [5.74, 6) is 0. The molecule has 0 spiro atoms. The molecule has 0 amide bonds. The molecule has 2 aromatic heterocycles. The molecular weight excluding hydrogens is 661 g/mol. The Bertz CT molecular complexity index is 3170. The maximum Gasteiger partial charge on any atom is 0.0640 e. The third kappa shape index (κ3) is 4.71. The normalized spacial score (nSPS) is 11.8. The second kappa shape index (κ2) is 11.9. The van der Waals surface area contributed by atoms with E-state index in [2.05, 4.69) is 204 Å². The number of fused-ring (bicyclic) bond motifs is 8. The second-order valence-corrected chi connectivity index (χ2v) is 14.8. The number of thiophene rings is 1. The van der Waals surface area contributed by atoms with E-state index in [0.717, 1.165) is 5.69 Å². The zero-order valence-electron chi connectivity index (χ0n) is 28.8. The van der Waals surface area contributed by atoms with Crippen LogP contribution in [0.2, 0.25) is 0 Å². The average Bonchev–Trinajstić information content (AvgIpc) is 3.77.